The predicted octanol–water partition coefficient (Wildman–Crippen LogP) is 1.34. The molecule has 6 heteroatoms. The summed E-state index contributed by atoms with van der Waals surface area (Å²) in [6.45, 7) is 2.68. The standard InChI is InChI=1S/C11H17NO5/c1-7(5-15-2)4-9-12-8(6-16-3)10(17-9)11(13)14/h7H,4-6H2,1-3H3,(H,13,14). The highest BCUT2D eigenvalue weighted by atomic mass is 16.5. The molecule has 0 aliphatic rings. The minimum atomic E-state index is -1.13. The van der Waals surface area contributed by atoms with Crippen molar-refractivity contribution in [2.24, 2.45) is 5.92 Å². The summed E-state index contributed by atoms with van der Waals surface area (Å²) in [6, 6.07) is 0. The number of hydrogen-bond acceptors (Lipinski definition) is 5. The number of ether oxygens (including phenoxy) is 2. The van der Waals surface area contributed by atoms with Crippen molar-refractivity contribution in [2.45, 2.75) is 20.0 Å². The van der Waals surface area contributed by atoms with Gasteiger partial charge in [0, 0.05) is 27.2 Å². The average molecular weight is 243 g/mol. The maximum Gasteiger partial charge on any atom is 0.373 e. The molecule has 0 aromatic carbocycles. The molecule has 96 valence electrons. The second kappa shape index (κ2) is 6.36. The fourth-order valence-corrected chi connectivity index (χ4v) is 1.53. The Hall–Kier alpha value is -1.40. The van der Waals surface area contributed by atoms with E-state index in [2.05, 4.69) is 4.98 Å². The summed E-state index contributed by atoms with van der Waals surface area (Å²) in [5.41, 5.74) is 0.319. The monoisotopic (exact) mass is 243 g/mol. The van der Waals surface area contributed by atoms with Crippen LogP contribution in [0.15, 0.2) is 4.42 Å². The van der Waals surface area contributed by atoms with Gasteiger partial charge in [0.05, 0.1) is 6.61 Å². The van der Waals surface area contributed by atoms with Gasteiger partial charge in [0.15, 0.2) is 5.89 Å². The smallest absolute Gasteiger partial charge is 0.373 e. The van der Waals surface area contributed by atoms with E-state index in [9.17, 15) is 4.79 Å². The van der Waals surface area contributed by atoms with E-state index in [4.69, 9.17) is 19.0 Å². The van der Waals surface area contributed by atoms with Crippen LogP contribution in [-0.2, 0) is 22.5 Å². The zero-order chi connectivity index (χ0) is 12.8. The summed E-state index contributed by atoms with van der Waals surface area (Å²) in [5, 5.41) is 8.93. The van der Waals surface area contributed by atoms with Gasteiger partial charge in [-0.1, -0.05) is 6.92 Å². The molecule has 0 aliphatic carbocycles. The van der Waals surface area contributed by atoms with E-state index >= 15 is 0 Å². The van der Waals surface area contributed by atoms with Gasteiger partial charge in [-0.25, -0.2) is 9.78 Å². The number of oxazole rings is 1. The maximum atomic E-state index is 10.9. The molecule has 1 rings (SSSR count). The van der Waals surface area contributed by atoms with E-state index in [0.29, 0.717) is 24.6 Å². The van der Waals surface area contributed by atoms with E-state index in [0.717, 1.165) is 0 Å². The van der Waals surface area contributed by atoms with Crippen molar-refractivity contribution in [2.75, 3.05) is 20.8 Å². The van der Waals surface area contributed by atoms with Crippen LogP contribution in [0.25, 0.3) is 0 Å². The third-order valence-electron chi connectivity index (χ3n) is 2.19. The molecule has 1 N–H and O–H groups in total. The van der Waals surface area contributed by atoms with Gasteiger partial charge in [-0.2, -0.15) is 0 Å². The van der Waals surface area contributed by atoms with E-state index in [1.54, 1.807) is 7.11 Å². The molecule has 0 saturated carbocycles. The van der Waals surface area contributed by atoms with Crippen LogP contribution in [0.4, 0.5) is 0 Å². The van der Waals surface area contributed by atoms with Gasteiger partial charge in [0.25, 0.3) is 0 Å². The van der Waals surface area contributed by atoms with Gasteiger partial charge in [-0.05, 0) is 5.92 Å². The normalized spacial score (nSPS) is 12.6. The zero-order valence-electron chi connectivity index (χ0n) is 10.2. The first-order valence-corrected chi connectivity index (χ1v) is 5.28. The SMILES string of the molecule is COCc1nc(CC(C)COC)oc1C(=O)O. The van der Waals surface area contributed by atoms with E-state index in [1.807, 2.05) is 6.92 Å². The predicted molar refractivity (Wildman–Crippen MR) is 58.9 cm³/mol. The second-order valence-electron chi connectivity index (χ2n) is 3.89. The van der Waals surface area contributed by atoms with Crippen molar-refractivity contribution in [3.05, 3.63) is 17.3 Å². The second-order valence-corrected chi connectivity index (χ2v) is 3.89. The van der Waals surface area contributed by atoms with Crippen LogP contribution in [0.3, 0.4) is 0 Å². The molecule has 0 fully saturated rings. The molecule has 0 spiro atoms. The highest BCUT2D eigenvalue weighted by Crippen LogP contribution is 2.15. The highest BCUT2D eigenvalue weighted by Gasteiger charge is 2.20. The highest BCUT2D eigenvalue weighted by molar-refractivity contribution is 5.85. The van der Waals surface area contributed by atoms with Crippen LogP contribution in [0.2, 0.25) is 0 Å². The Morgan fingerprint density at radius 3 is 2.71 bits per heavy atom. The van der Waals surface area contributed by atoms with Crippen molar-refractivity contribution in [1.82, 2.24) is 4.98 Å². The fraction of sp³-hybridized carbons (Fsp3) is 0.636. The minimum Gasteiger partial charge on any atom is -0.475 e. The number of hydrogen-bond donors (Lipinski definition) is 1. The lowest BCUT2D eigenvalue weighted by Gasteiger charge is -2.05. The molecule has 0 aliphatic heterocycles. The molecule has 0 bridgehead atoms. The van der Waals surface area contributed by atoms with Crippen molar-refractivity contribution >= 4 is 5.97 Å². The zero-order valence-corrected chi connectivity index (χ0v) is 10.2. The Morgan fingerprint density at radius 1 is 1.47 bits per heavy atom. The Kier molecular flexibility index (Phi) is 5.11. The van der Waals surface area contributed by atoms with Gasteiger partial charge >= 0.3 is 5.97 Å². The Labute approximate surface area is 99.5 Å². The number of nitrogens with zero attached hydrogens (tertiary/aromatic N) is 1. The van der Waals surface area contributed by atoms with E-state index in [1.165, 1.54) is 7.11 Å². The van der Waals surface area contributed by atoms with Crippen LogP contribution in [0.5, 0.6) is 0 Å². The summed E-state index contributed by atoms with van der Waals surface area (Å²) >= 11 is 0. The third-order valence-corrected chi connectivity index (χ3v) is 2.19. The van der Waals surface area contributed by atoms with Crippen LogP contribution < -0.4 is 0 Å². The molecule has 1 aromatic rings. The van der Waals surface area contributed by atoms with Gasteiger partial charge in [0.1, 0.15) is 5.69 Å². The van der Waals surface area contributed by atoms with Crippen LogP contribution in [0.1, 0.15) is 29.1 Å². The van der Waals surface area contributed by atoms with Crippen molar-refractivity contribution in [1.29, 1.82) is 0 Å². The lowest BCUT2D eigenvalue weighted by Crippen LogP contribution is -2.07. The molecule has 6 nitrogen and oxygen atoms in total. The summed E-state index contributed by atoms with van der Waals surface area (Å²) in [6.07, 6.45) is 0.540. The van der Waals surface area contributed by atoms with Crippen molar-refractivity contribution < 1.29 is 23.8 Å². The number of aromatic nitrogens is 1. The topological polar surface area (TPSA) is 81.8 Å². The molecule has 1 atom stereocenters. The number of rotatable bonds is 7. The van der Waals surface area contributed by atoms with E-state index in [-0.39, 0.29) is 18.3 Å². The number of aromatic carboxylic acids is 1. The number of carboxylic acid groups (broad SMARTS) is 1. The fourth-order valence-electron chi connectivity index (χ4n) is 1.53. The third kappa shape index (κ3) is 3.83. The first kappa shape index (κ1) is 13.7. The van der Waals surface area contributed by atoms with E-state index < -0.39 is 5.97 Å². The summed E-state index contributed by atoms with van der Waals surface area (Å²) in [5.74, 6) is -0.656. The van der Waals surface area contributed by atoms with Crippen LogP contribution >= 0.6 is 0 Å². The lowest BCUT2D eigenvalue weighted by atomic mass is 10.1. The number of methoxy groups -OCH3 is 2. The number of carbonyl (C=O) groups is 1. The molecule has 1 aromatic heterocycles. The van der Waals surface area contributed by atoms with Crippen molar-refractivity contribution in [3.8, 4) is 0 Å². The first-order chi connectivity index (χ1) is 8.08. The number of carboxylic acids is 1. The van der Waals surface area contributed by atoms with Gasteiger partial charge in [-0.3, -0.25) is 0 Å². The maximum absolute atomic E-state index is 10.9. The Balaban J connectivity index is 2.80. The van der Waals surface area contributed by atoms with Gasteiger partial charge < -0.3 is 19.0 Å². The summed E-state index contributed by atoms with van der Waals surface area (Å²) in [7, 11) is 3.10. The quantitative estimate of drug-likeness (QED) is 0.778. The van der Waals surface area contributed by atoms with Gasteiger partial charge in [-0.15, -0.1) is 0 Å². The van der Waals surface area contributed by atoms with Crippen LogP contribution in [-0.4, -0.2) is 36.9 Å². The molecule has 17 heavy (non-hydrogen) atoms. The van der Waals surface area contributed by atoms with Gasteiger partial charge in [0.2, 0.25) is 5.76 Å². The Morgan fingerprint density at radius 2 is 2.18 bits per heavy atom. The van der Waals surface area contributed by atoms with Crippen molar-refractivity contribution in [3.63, 3.8) is 0 Å². The molecular formula is C11H17NO5. The first-order valence-electron chi connectivity index (χ1n) is 5.28. The lowest BCUT2D eigenvalue weighted by molar-refractivity contribution is 0.0652. The van der Waals surface area contributed by atoms with Crippen LogP contribution in [0, 0.1) is 5.92 Å². The summed E-state index contributed by atoms with van der Waals surface area (Å²) < 4.78 is 15.1. The molecule has 0 saturated heterocycles. The summed E-state index contributed by atoms with van der Waals surface area (Å²) in [4.78, 5) is 15.0. The molecule has 1 heterocycles. The largest absolute Gasteiger partial charge is 0.475 e. The Bertz CT molecular complexity index is 374. The molecular weight excluding hydrogens is 226 g/mol. The molecule has 1 unspecified atom stereocenters. The molecule has 0 radical (unpaired) electrons. The minimum absolute atomic E-state index is 0.129. The molecule has 0 amide bonds. The average Bonchev–Trinajstić information content (AvgIpc) is 2.62.